The van der Waals surface area contributed by atoms with Crippen molar-refractivity contribution >= 4 is 5.91 Å². The van der Waals surface area contributed by atoms with Crippen LogP contribution in [0.3, 0.4) is 0 Å². The molecule has 1 saturated heterocycles. The van der Waals surface area contributed by atoms with E-state index in [9.17, 15) is 4.79 Å². The zero-order valence-corrected chi connectivity index (χ0v) is 9.81. The van der Waals surface area contributed by atoms with Gasteiger partial charge in [0.2, 0.25) is 5.91 Å². The van der Waals surface area contributed by atoms with Crippen molar-refractivity contribution in [3.63, 3.8) is 0 Å². The van der Waals surface area contributed by atoms with E-state index in [0.717, 1.165) is 32.4 Å². The first-order chi connectivity index (χ1) is 7.18. The Hall–Kier alpha value is -0.570. The van der Waals surface area contributed by atoms with Gasteiger partial charge in [0.1, 0.15) is 0 Å². The Bertz CT molecular complexity index is 248. The Balaban J connectivity index is 1.88. The van der Waals surface area contributed by atoms with Crippen LogP contribution in [0.5, 0.6) is 0 Å². The van der Waals surface area contributed by atoms with E-state index in [1.807, 2.05) is 0 Å². The number of piperidine rings is 1. The van der Waals surface area contributed by atoms with Gasteiger partial charge in [-0.25, -0.2) is 0 Å². The molecule has 2 fully saturated rings. The summed E-state index contributed by atoms with van der Waals surface area (Å²) in [6.07, 6.45) is 4.34. The maximum atomic E-state index is 12.0. The Morgan fingerprint density at radius 3 is 2.80 bits per heavy atom. The van der Waals surface area contributed by atoms with Gasteiger partial charge in [-0.15, -0.1) is 0 Å². The van der Waals surface area contributed by atoms with Crippen molar-refractivity contribution in [2.75, 3.05) is 13.1 Å². The molecule has 2 rings (SSSR count). The third-order valence-electron chi connectivity index (χ3n) is 4.16. The van der Waals surface area contributed by atoms with Gasteiger partial charge in [0.25, 0.3) is 0 Å². The van der Waals surface area contributed by atoms with E-state index in [0.29, 0.717) is 17.9 Å². The van der Waals surface area contributed by atoms with Crippen LogP contribution in [-0.2, 0) is 4.79 Å². The first kappa shape index (κ1) is 10.9. The summed E-state index contributed by atoms with van der Waals surface area (Å²) in [5.74, 6) is 0.911. The van der Waals surface area contributed by atoms with Crippen LogP contribution in [-0.4, -0.2) is 25.0 Å². The van der Waals surface area contributed by atoms with Crippen molar-refractivity contribution in [2.45, 2.75) is 45.6 Å². The second-order valence-corrected chi connectivity index (χ2v) is 5.18. The summed E-state index contributed by atoms with van der Waals surface area (Å²) in [7, 11) is 0. The van der Waals surface area contributed by atoms with Crippen LogP contribution in [0.15, 0.2) is 0 Å². The lowest BCUT2D eigenvalue weighted by atomic mass is 9.93. The largest absolute Gasteiger partial charge is 0.351 e. The van der Waals surface area contributed by atoms with Gasteiger partial charge in [-0.05, 0) is 38.1 Å². The van der Waals surface area contributed by atoms with Crippen molar-refractivity contribution in [2.24, 2.45) is 11.3 Å². The van der Waals surface area contributed by atoms with E-state index in [1.165, 1.54) is 6.42 Å². The molecule has 1 heterocycles. The van der Waals surface area contributed by atoms with Gasteiger partial charge < -0.3 is 10.6 Å². The van der Waals surface area contributed by atoms with Crippen LogP contribution in [0.2, 0.25) is 0 Å². The molecule has 0 radical (unpaired) electrons. The van der Waals surface area contributed by atoms with E-state index in [4.69, 9.17) is 0 Å². The zero-order valence-electron chi connectivity index (χ0n) is 9.81. The Morgan fingerprint density at radius 1 is 1.53 bits per heavy atom. The average molecular weight is 210 g/mol. The molecule has 1 saturated carbocycles. The molecule has 3 heteroatoms. The SMILES string of the molecule is CCC1(C(=O)NC2CNCCC2C)CC1. The van der Waals surface area contributed by atoms with Crippen LogP contribution in [0.25, 0.3) is 0 Å². The molecule has 0 aromatic heterocycles. The molecule has 15 heavy (non-hydrogen) atoms. The standard InChI is InChI=1S/C12H22N2O/c1-3-12(5-6-12)11(15)14-10-8-13-7-4-9(10)2/h9-10,13H,3-8H2,1-2H3,(H,14,15). The van der Waals surface area contributed by atoms with Gasteiger partial charge in [0.05, 0.1) is 0 Å². The molecule has 1 amide bonds. The molecule has 0 spiro atoms. The zero-order chi connectivity index (χ0) is 10.9. The number of hydrogen-bond donors (Lipinski definition) is 2. The quantitative estimate of drug-likeness (QED) is 0.737. The van der Waals surface area contributed by atoms with Gasteiger partial charge in [0.15, 0.2) is 0 Å². The number of carbonyl (C=O) groups excluding carboxylic acids is 1. The van der Waals surface area contributed by atoms with Gasteiger partial charge in [-0.1, -0.05) is 13.8 Å². The Labute approximate surface area is 92.0 Å². The molecule has 1 aliphatic heterocycles. The van der Waals surface area contributed by atoms with Crippen molar-refractivity contribution in [3.8, 4) is 0 Å². The molecule has 3 nitrogen and oxygen atoms in total. The molecule has 86 valence electrons. The van der Waals surface area contributed by atoms with Crippen LogP contribution >= 0.6 is 0 Å². The van der Waals surface area contributed by atoms with Crippen LogP contribution in [0, 0.1) is 11.3 Å². The summed E-state index contributed by atoms with van der Waals surface area (Å²) in [5, 5.41) is 6.57. The minimum Gasteiger partial charge on any atom is -0.351 e. The predicted octanol–water partition coefficient (Wildman–Crippen LogP) is 1.29. The van der Waals surface area contributed by atoms with Crippen LogP contribution in [0.4, 0.5) is 0 Å². The monoisotopic (exact) mass is 210 g/mol. The van der Waals surface area contributed by atoms with Gasteiger partial charge in [0, 0.05) is 18.0 Å². The number of hydrogen-bond acceptors (Lipinski definition) is 2. The fourth-order valence-corrected chi connectivity index (χ4v) is 2.40. The molecule has 2 N–H and O–H groups in total. The molecule has 1 aliphatic carbocycles. The molecule has 0 aromatic carbocycles. The minimum atomic E-state index is 0.0111. The maximum absolute atomic E-state index is 12.0. The number of amides is 1. The minimum absolute atomic E-state index is 0.0111. The molecule has 2 atom stereocenters. The van der Waals surface area contributed by atoms with E-state index in [1.54, 1.807) is 0 Å². The van der Waals surface area contributed by atoms with E-state index >= 15 is 0 Å². The molecule has 0 aromatic rings. The third-order valence-corrected chi connectivity index (χ3v) is 4.16. The Kier molecular flexibility index (Phi) is 3.01. The third kappa shape index (κ3) is 2.17. The van der Waals surface area contributed by atoms with E-state index in [-0.39, 0.29) is 5.41 Å². The van der Waals surface area contributed by atoms with Crippen molar-refractivity contribution < 1.29 is 4.79 Å². The van der Waals surface area contributed by atoms with Crippen molar-refractivity contribution in [1.82, 2.24) is 10.6 Å². The van der Waals surface area contributed by atoms with Crippen molar-refractivity contribution in [3.05, 3.63) is 0 Å². The summed E-state index contributed by atoms with van der Waals surface area (Å²) in [6, 6.07) is 0.343. The second kappa shape index (κ2) is 4.12. The highest BCUT2D eigenvalue weighted by atomic mass is 16.2. The lowest BCUT2D eigenvalue weighted by Crippen LogP contribution is -2.51. The summed E-state index contributed by atoms with van der Waals surface area (Å²) >= 11 is 0. The number of nitrogens with one attached hydrogen (secondary N) is 2. The second-order valence-electron chi connectivity index (χ2n) is 5.18. The number of rotatable bonds is 3. The maximum Gasteiger partial charge on any atom is 0.226 e. The first-order valence-electron chi connectivity index (χ1n) is 6.19. The van der Waals surface area contributed by atoms with Crippen LogP contribution in [0.1, 0.15) is 39.5 Å². The average Bonchev–Trinajstić information content (AvgIpc) is 3.02. The summed E-state index contributed by atoms with van der Waals surface area (Å²) in [5.41, 5.74) is 0.0111. The molecule has 2 unspecified atom stereocenters. The highest BCUT2D eigenvalue weighted by molar-refractivity contribution is 5.85. The fraction of sp³-hybridized carbons (Fsp3) is 0.917. The highest BCUT2D eigenvalue weighted by Gasteiger charge is 2.48. The fourth-order valence-electron chi connectivity index (χ4n) is 2.40. The molecular formula is C12H22N2O. The van der Waals surface area contributed by atoms with E-state index in [2.05, 4.69) is 24.5 Å². The highest BCUT2D eigenvalue weighted by Crippen LogP contribution is 2.48. The van der Waals surface area contributed by atoms with E-state index < -0.39 is 0 Å². The van der Waals surface area contributed by atoms with Gasteiger partial charge in [-0.2, -0.15) is 0 Å². The van der Waals surface area contributed by atoms with Gasteiger partial charge >= 0.3 is 0 Å². The normalized spacial score (nSPS) is 33.5. The lowest BCUT2D eigenvalue weighted by Gasteiger charge is -2.31. The topological polar surface area (TPSA) is 41.1 Å². The molecule has 2 aliphatic rings. The molecular weight excluding hydrogens is 188 g/mol. The first-order valence-corrected chi connectivity index (χ1v) is 6.19. The van der Waals surface area contributed by atoms with Crippen molar-refractivity contribution in [1.29, 1.82) is 0 Å². The van der Waals surface area contributed by atoms with Crippen LogP contribution < -0.4 is 10.6 Å². The predicted molar refractivity (Wildman–Crippen MR) is 60.5 cm³/mol. The summed E-state index contributed by atoms with van der Waals surface area (Å²) in [4.78, 5) is 12.0. The lowest BCUT2D eigenvalue weighted by molar-refractivity contribution is -0.127. The Morgan fingerprint density at radius 2 is 2.27 bits per heavy atom. The molecule has 0 bridgehead atoms. The smallest absolute Gasteiger partial charge is 0.226 e. The summed E-state index contributed by atoms with van der Waals surface area (Å²) in [6.45, 7) is 6.38. The summed E-state index contributed by atoms with van der Waals surface area (Å²) < 4.78 is 0. The van der Waals surface area contributed by atoms with Gasteiger partial charge in [-0.3, -0.25) is 4.79 Å². The number of carbonyl (C=O) groups is 1.